The molecule has 0 aliphatic carbocycles. The van der Waals surface area contributed by atoms with Crippen LogP contribution in [0.1, 0.15) is 32.2 Å². The van der Waals surface area contributed by atoms with Crippen molar-refractivity contribution in [2.24, 2.45) is 0 Å². The van der Waals surface area contributed by atoms with Crippen molar-refractivity contribution in [1.82, 2.24) is 0 Å². The Morgan fingerprint density at radius 1 is 0.971 bits per heavy atom. The molecule has 0 unspecified atom stereocenters. The van der Waals surface area contributed by atoms with Crippen molar-refractivity contribution >= 4 is 46.3 Å². The smallest absolute Gasteiger partial charge is 0.291 e. The molecule has 0 radical (unpaired) electrons. The van der Waals surface area contributed by atoms with Gasteiger partial charge in [0.05, 0.1) is 15.6 Å². The Kier molecular flexibility index (Phi) is 7.14. The van der Waals surface area contributed by atoms with Crippen molar-refractivity contribution in [3.63, 3.8) is 0 Å². The SMILES string of the molecule is O=C(Nc1ccc(Cl)cc1C(=O)c1ccccc1)c1ccc(COc2ccc([N+](=O)[O-])cc2Cl)o1. The van der Waals surface area contributed by atoms with E-state index >= 15 is 0 Å². The molecule has 0 saturated carbocycles. The number of furan rings is 1. The molecule has 0 atom stereocenters. The molecular formula is C25H16Cl2N2O6. The van der Waals surface area contributed by atoms with E-state index in [4.69, 9.17) is 32.4 Å². The minimum absolute atomic E-state index is 0.00791. The normalized spacial score (nSPS) is 10.6. The molecule has 0 fully saturated rings. The highest BCUT2D eigenvalue weighted by Crippen LogP contribution is 2.29. The number of nitro groups is 1. The molecule has 4 rings (SSSR count). The summed E-state index contributed by atoms with van der Waals surface area (Å²) in [6.45, 7) is -0.0660. The number of nitro benzene ring substituents is 1. The molecule has 0 spiro atoms. The molecule has 1 amide bonds. The number of hydrogen-bond acceptors (Lipinski definition) is 6. The third kappa shape index (κ3) is 5.68. The molecule has 0 aliphatic rings. The summed E-state index contributed by atoms with van der Waals surface area (Å²) >= 11 is 12.1. The van der Waals surface area contributed by atoms with Crippen molar-refractivity contribution < 1.29 is 23.7 Å². The van der Waals surface area contributed by atoms with Gasteiger partial charge < -0.3 is 14.5 Å². The van der Waals surface area contributed by atoms with Crippen LogP contribution in [-0.2, 0) is 6.61 Å². The fraction of sp³-hybridized carbons (Fsp3) is 0.0400. The minimum atomic E-state index is -0.575. The van der Waals surface area contributed by atoms with Crippen LogP contribution in [0.2, 0.25) is 10.0 Å². The van der Waals surface area contributed by atoms with E-state index in [1.165, 1.54) is 30.3 Å². The van der Waals surface area contributed by atoms with Crippen molar-refractivity contribution in [3.05, 3.63) is 122 Å². The lowest BCUT2D eigenvalue weighted by atomic mass is 10.0. The first kappa shape index (κ1) is 24.0. The zero-order valence-electron chi connectivity index (χ0n) is 17.9. The van der Waals surface area contributed by atoms with E-state index in [0.717, 1.165) is 0 Å². The zero-order chi connectivity index (χ0) is 24.9. The Balaban J connectivity index is 1.46. The molecule has 176 valence electrons. The van der Waals surface area contributed by atoms with Crippen LogP contribution in [0.4, 0.5) is 11.4 Å². The number of hydrogen-bond donors (Lipinski definition) is 1. The molecule has 0 bridgehead atoms. The number of nitrogens with one attached hydrogen (secondary N) is 1. The number of halogens is 2. The number of rotatable bonds is 8. The van der Waals surface area contributed by atoms with E-state index in [1.807, 2.05) is 0 Å². The van der Waals surface area contributed by atoms with Crippen molar-refractivity contribution in [3.8, 4) is 5.75 Å². The number of ether oxygens (including phenoxy) is 1. The second-order valence-corrected chi connectivity index (χ2v) is 8.11. The molecule has 1 N–H and O–H groups in total. The number of carbonyl (C=O) groups is 2. The van der Waals surface area contributed by atoms with Crippen LogP contribution < -0.4 is 10.1 Å². The van der Waals surface area contributed by atoms with Crippen LogP contribution in [-0.4, -0.2) is 16.6 Å². The molecule has 1 aromatic heterocycles. The van der Waals surface area contributed by atoms with Crippen LogP contribution in [0.25, 0.3) is 0 Å². The maximum Gasteiger partial charge on any atom is 0.291 e. The van der Waals surface area contributed by atoms with E-state index in [9.17, 15) is 19.7 Å². The van der Waals surface area contributed by atoms with E-state index < -0.39 is 10.8 Å². The fourth-order valence-corrected chi connectivity index (χ4v) is 3.59. The van der Waals surface area contributed by atoms with Gasteiger partial charge in [-0.3, -0.25) is 19.7 Å². The first-order valence-corrected chi connectivity index (χ1v) is 10.9. The number of non-ortho nitro benzene ring substituents is 1. The third-order valence-electron chi connectivity index (χ3n) is 4.89. The standard InChI is InChI=1S/C25H16Cl2N2O6/c26-16-6-9-21(19(12-16)24(30)15-4-2-1-3-5-15)28-25(31)23-11-8-18(35-23)14-34-22-10-7-17(29(32)33)13-20(22)27/h1-13H,14H2,(H,28,31). The number of anilines is 1. The Bertz CT molecular complexity index is 1420. The average molecular weight is 511 g/mol. The van der Waals surface area contributed by atoms with Crippen molar-refractivity contribution in [2.45, 2.75) is 6.61 Å². The number of ketones is 1. The summed E-state index contributed by atoms with van der Waals surface area (Å²) in [7, 11) is 0. The monoisotopic (exact) mass is 510 g/mol. The first-order valence-electron chi connectivity index (χ1n) is 10.2. The molecule has 3 aromatic carbocycles. The van der Waals surface area contributed by atoms with E-state index in [0.29, 0.717) is 16.3 Å². The fourth-order valence-electron chi connectivity index (χ4n) is 3.19. The highest BCUT2D eigenvalue weighted by molar-refractivity contribution is 6.32. The van der Waals surface area contributed by atoms with Gasteiger partial charge in [0, 0.05) is 28.3 Å². The summed E-state index contributed by atoms with van der Waals surface area (Å²) in [5, 5.41) is 13.9. The van der Waals surface area contributed by atoms with Crippen molar-refractivity contribution in [1.29, 1.82) is 0 Å². The van der Waals surface area contributed by atoms with Gasteiger partial charge in [0.2, 0.25) is 0 Å². The van der Waals surface area contributed by atoms with Crippen LogP contribution in [0.3, 0.4) is 0 Å². The van der Waals surface area contributed by atoms with Gasteiger partial charge >= 0.3 is 0 Å². The zero-order valence-corrected chi connectivity index (χ0v) is 19.4. The van der Waals surface area contributed by atoms with Gasteiger partial charge in [-0.25, -0.2) is 0 Å². The molecule has 0 aliphatic heterocycles. The van der Waals surface area contributed by atoms with Crippen LogP contribution in [0.15, 0.2) is 83.3 Å². The van der Waals surface area contributed by atoms with Gasteiger partial charge in [-0.1, -0.05) is 53.5 Å². The van der Waals surface area contributed by atoms with E-state index in [2.05, 4.69) is 5.32 Å². The predicted octanol–water partition coefficient (Wildman–Crippen LogP) is 6.56. The quantitative estimate of drug-likeness (QED) is 0.163. The summed E-state index contributed by atoms with van der Waals surface area (Å²) in [4.78, 5) is 36.0. The third-order valence-corrected chi connectivity index (χ3v) is 5.42. The lowest BCUT2D eigenvalue weighted by Crippen LogP contribution is -2.14. The van der Waals surface area contributed by atoms with Gasteiger partial charge in [0.15, 0.2) is 11.5 Å². The predicted molar refractivity (Wildman–Crippen MR) is 130 cm³/mol. The lowest BCUT2D eigenvalue weighted by molar-refractivity contribution is -0.384. The topological polar surface area (TPSA) is 112 Å². The van der Waals surface area contributed by atoms with Gasteiger partial charge in [0.25, 0.3) is 11.6 Å². The van der Waals surface area contributed by atoms with E-state index in [1.54, 1.807) is 48.5 Å². The maximum atomic E-state index is 12.9. The Morgan fingerprint density at radius 3 is 2.46 bits per heavy atom. The summed E-state index contributed by atoms with van der Waals surface area (Å²) in [6.07, 6.45) is 0. The second kappa shape index (κ2) is 10.4. The summed E-state index contributed by atoms with van der Waals surface area (Å²) in [5.74, 6) is -0.330. The number of amides is 1. The van der Waals surface area contributed by atoms with Crippen LogP contribution in [0.5, 0.6) is 5.75 Å². The van der Waals surface area contributed by atoms with Gasteiger partial charge in [-0.2, -0.15) is 0 Å². The highest BCUT2D eigenvalue weighted by atomic mass is 35.5. The van der Waals surface area contributed by atoms with Crippen LogP contribution >= 0.6 is 23.2 Å². The lowest BCUT2D eigenvalue weighted by Gasteiger charge is -2.10. The maximum absolute atomic E-state index is 12.9. The number of carbonyl (C=O) groups excluding carboxylic acids is 2. The average Bonchev–Trinajstić information content (AvgIpc) is 3.33. The Hall–Kier alpha value is -4.14. The molecule has 1 heterocycles. The van der Waals surface area contributed by atoms with Crippen LogP contribution in [0, 0.1) is 10.1 Å². The second-order valence-electron chi connectivity index (χ2n) is 7.27. The first-order chi connectivity index (χ1) is 16.8. The molecule has 8 nitrogen and oxygen atoms in total. The number of nitrogens with zero attached hydrogens (tertiary/aromatic N) is 1. The van der Waals surface area contributed by atoms with E-state index in [-0.39, 0.29) is 45.9 Å². The molecular weight excluding hydrogens is 495 g/mol. The largest absolute Gasteiger partial charge is 0.484 e. The minimum Gasteiger partial charge on any atom is -0.484 e. The van der Waals surface area contributed by atoms with Gasteiger partial charge in [-0.15, -0.1) is 0 Å². The van der Waals surface area contributed by atoms with Gasteiger partial charge in [-0.05, 0) is 36.4 Å². The highest BCUT2D eigenvalue weighted by Gasteiger charge is 2.19. The molecule has 4 aromatic rings. The molecule has 35 heavy (non-hydrogen) atoms. The number of benzene rings is 3. The molecule has 10 heteroatoms. The Morgan fingerprint density at radius 2 is 1.74 bits per heavy atom. The summed E-state index contributed by atoms with van der Waals surface area (Å²) < 4.78 is 11.1. The Labute approximate surface area is 209 Å². The van der Waals surface area contributed by atoms with Gasteiger partial charge in [0.1, 0.15) is 18.1 Å². The summed E-state index contributed by atoms with van der Waals surface area (Å²) in [5.41, 5.74) is 0.805. The van der Waals surface area contributed by atoms with Crippen molar-refractivity contribution in [2.75, 3.05) is 5.32 Å². The summed E-state index contributed by atoms with van der Waals surface area (Å²) in [6, 6.07) is 20.0. The molecule has 0 saturated heterocycles.